The van der Waals surface area contributed by atoms with Gasteiger partial charge in [-0.25, -0.2) is 8.42 Å². The zero-order chi connectivity index (χ0) is 16.4. The van der Waals surface area contributed by atoms with Crippen molar-refractivity contribution in [2.24, 2.45) is 13.0 Å². The lowest BCUT2D eigenvalue weighted by Crippen LogP contribution is -2.40. The Bertz CT molecular complexity index is 666. The number of rotatable bonds is 3. The maximum atomic E-state index is 12.6. The van der Waals surface area contributed by atoms with E-state index in [0.29, 0.717) is 45.8 Å². The Balaban J connectivity index is 1.67. The third kappa shape index (κ3) is 3.41. The zero-order valence-electron chi connectivity index (χ0n) is 13.2. The highest BCUT2D eigenvalue weighted by Gasteiger charge is 2.32. The molecule has 128 valence electrons. The van der Waals surface area contributed by atoms with E-state index in [0.717, 1.165) is 6.42 Å². The minimum atomic E-state index is -3.55. The molecule has 23 heavy (non-hydrogen) atoms. The standard InChI is InChI=1S/C14H22N4O4S/c1-16-10-13(9-15-16)23(20,21)18-5-2-4-17(6-7-18)14(19)12-3-8-22-11-12/h9-10,12H,2-8,11H2,1H3. The molecule has 0 aliphatic carbocycles. The van der Waals surface area contributed by atoms with Gasteiger partial charge in [-0.15, -0.1) is 0 Å². The fourth-order valence-corrected chi connectivity index (χ4v) is 4.48. The van der Waals surface area contributed by atoms with Gasteiger partial charge in [0, 0.05) is 46.0 Å². The van der Waals surface area contributed by atoms with Gasteiger partial charge in [-0.3, -0.25) is 9.48 Å². The number of carbonyl (C=O) groups is 1. The highest BCUT2D eigenvalue weighted by Crippen LogP contribution is 2.20. The Kier molecular flexibility index (Phi) is 4.69. The second-order valence-corrected chi connectivity index (χ2v) is 7.93. The maximum absolute atomic E-state index is 12.6. The molecule has 3 rings (SSSR count). The number of sulfonamides is 1. The first kappa shape index (κ1) is 16.4. The fourth-order valence-electron chi connectivity index (χ4n) is 3.02. The van der Waals surface area contributed by atoms with Gasteiger partial charge in [0.15, 0.2) is 0 Å². The third-order valence-corrected chi connectivity index (χ3v) is 6.22. The number of aryl methyl sites for hydroxylation is 1. The number of hydrogen-bond acceptors (Lipinski definition) is 5. The van der Waals surface area contributed by atoms with Crippen LogP contribution in [-0.2, 0) is 26.6 Å². The predicted octanol–water partition coefficient (Wildman–Crippen LogP) is -0.320. The van der Waals surface area contributed by atoms with Gasteiger partial charge >= 0.3 is 0 Å². The van der Waals surface area contributed by atoms with Crippen LogP contribution in [0.25, 0.3) is 0 Å². The van der Waals surface area contributed by atoms with Crippen LogP contribution in [0, 0.1) is 5.92 Å². The summed E-state index contributed by atoms with van der Waals surface area (Å²) in [5.74, 6) is 0.0135. The van der Waals surface area contributed by atoms with Crippen molar-refractivity contribution >= 4 is 15.9 Å². The lowest BCUT2D eigenvalue weighted by atomic mass is 10.1. The van der Waals surface area contributed by atoms with Crippen LogP contribution < -0.4 is 0 Å². The van der Waals surface area contributed by atoms with Gasteiger partial charge in [0.1, 0.15) is 4.90 Å². The van der Waals surface area contributed by atoms with Crippen molar-refractivity contribution in [3.63, 3.8) is 0 Å². The van der Waals surface area contributed by atoms with Crippen molar-refractivity contribution in [1.29, 1.82) is 0 Å². The summed E-state index contributed by atoms with van der Waals surface area (Å²) in [4.78, 5) is 14.4. The number of hydrogen-bond donors (Lipinski definition) is 0. The zero-order valence-corrected chi connectivity index (χ0v) is 14.0. The average molecular weight is 342 g/mol. The number of amides is 1. The molecule has 0 aromatic carbocycles. The second kappa shape index (κ2) is 6.58. The fraction of sp³-hybridized carbons (Fsp3) is 0.714. The van der Waals surface area contributed by atoms with Crippen LogP contribution in [0.4, 0.5) is 0 Å². The molecular weight excluding hydrogens is 320 g/mol. The monoisotopic (exact) mass is 342 g/mol. The van der Waals surface area contributed by atoms with Crippen LogP contribution >= 0.6 is 0 Å². The molecule has 1 aromatic heterocycles. The minimum Gasteiger partial charge on any atom is -0.381 e. The summed E-state index contributed by atoms with van der Waals surface area (Å²) in [7, 11) is -1.86. The van der Waals surface area contributed by atoms with Gasteiger partial charge in [-0.05, 0) is 12.8 Å². The summed E-state index contributed by atoms with van der Waals surface area (Å²) in [6, 6.07) is 0. The van der Waals surface area contributed by atoms with Crippen LogP contribution in [0.1, 0.15) is 12.8 Å². The summed E-state index contributed by atoms with van der Waals surface area (Å²) in [6.45, 7) is 2.86. The third-order valence-electron chi connectivity index (χ3n) is 4.36. The summed E-state index contributed by atoms with van der Waals surface area (Å²) >= 11 is 0. The van der Waals surface area contributed by atoms with Gasteiger partial charge in [0.05, 0.1) is 18.7 Å². The predicted molar refractivity (Wildman–Crippen MR) is 82.1 cm³/mol. The molecule has 1 unspecified atom stereocenters. The molecule has 1 atom stereocenters. The molecule has 9 heteroatoms. The molecule has 2 saturated heterocycles. The van der Waals surface area contributed by atoms with Crippen molar-refractivity contribution in [1.82, 2.24) is 19.0 Å². The Morgan fingerprint density at radius 3 is 2.78 bits per heavy atom. The van der Waals surface area contributed by atoms with E-state index in [1.54, 1.807) is 11.9 Å². The van der Waals surface area contributed by atoms with Crippen molar-refractivity contribution in [2.75, 3.05) is 39.4 Å². The van der Waals surface area contributed by atoms with E-state index < -0.39 is 10.0 Å². The maximum Gasteiger partial charge on any atom is 0.246 e. The molecule has 1 amide bonds. The number of ether oxygens (including phenoxy) is 1. The Morgan fingerprint density at radius 2 is 2.13 bits per heavy atom. The molecule has 2 fully saturated rings. The lowest BCUT2D eigenvalue weighted by molar-refractivity contribution is -0.135. The summed E-state index contributed by atoms with van der Waals surface area (Å²) in [6.07, 6.45) is 4.25. The first-order chi connectivity index (χ1) is 11.0. The van der Waals surface area contributed by atoms with Crippen molar-refractivity contribution in [2.45, 2.75) is 17.7 Å². The largest absolute Gasteiger partial charge is 0.381 e. The van der Waals surface area contributed by atoms with Crippen LogP contribution in [0.3, 0.4) is 0 Å². The van der Waals surface area contributed by atoms with Gasteiger partial charge in [-0.2, -0.15) is 9.40 Å². The smallest absolute Gasteiger partial charge is 0.246 e. The van der Waals surface area contributed by atoms with Crippen LogP contribution in [0.2, 0.25) is 0 Å². The highest BCUT2D eigenvalue weighted by atomic mass is 32.2. The quantitative estimate of drug-likeness (QED) is 0.752. The molecule has 3 heterocycles. The van der Waals surface area contributed by atoms with E-state index in [4.69, 9.17) is 4.74 Å². The Labute approximate surface area is 136 Å². The molecule has 0 N–H and O–H groups in total. The summed E-state index contributed by atoms with van der Waals surface area (Å²) in [5.41, 5.74) is 0. The first-order valence-corrected chi connectivity index (χ1v) is 9.28. The van der Waals surface area contributed by atoms with Crippen molar-refractivity contribution in [3.05, 3.63) is 12.4 Å². The Morgan fingerprint density at radius 1 is 1.30 bits per heavy atom. The Hall–Kier alpha value is -1.45. The molecule has 0 spiro atoms. The van der Waals surface area contributed by atoms with E-state index in [9.17, 15) is 13.2 Å². The minimum absolute atomic E-state index is 0.0727. The van der Waals surface area contributed by atoms with Gasteiger partial charge < -0.3 is 9.64 Å². The molecule has 2 aliphatic rings. The number of carbonyl (C=O) groups excluding carboxylic acids is 1. The van der Waals surface area contributed by atoms with E-state index in [1.165, 1.54) is 21.4 Å². The molecule has 0 bridgehead atoms. The molecule has 0 saturated carbocycles. The summed E-state index contributed by atoms with van der Waals surface area (Å²) < 4.78 is 33.5. The van der Waals surface area contributed by atoms with Gasteiger partial charge in [0.2, 0.25) is 15.9 Å². The second-order valence-electron chi connectivity index (χ2n) is 5.99. The molecule has 1 aromatic rings. The molecule has 8 nitrogen and oxygen atoms in total. The van der Waals surface area contributed by atoms with Crippen LogP contribution in [-0.4, -0.2) is 72.7 Å². The van der Waals surface area contributed by atoms with Crippen LogP contribution in [0.5, 0.6) is 0 Å². The van der Waals surface area contributed by atoms with Crippen molar-refractivity contribution in [3.8, 4) is 0 Å². The highest BCUT2D eigenvalue weighted by molar-refractivity contribution is 7.89. The van der Waals surface area contributed by atoms with Gasteiger partial charge in [-0.1, -0.05) is 0 Å². The van der Waals surface area contributed by atoms with E-state index >= 15 is 0 Å². The topological polar surface area (TPSA) is 84.7 Å². The van der Waals surface area contributed by atoms with E-state index in [1.807, 2.05) is 0 Å². The average Bonchev–Trinajstić information content (AvgIpc) is 3.13. The van der Waals surface area contributed by atoms with Crippen LogP contribution in [0.15, 0.2) is 17.3 Å². The molecule has 2 aliphatic heterocycles. The molecular formula is C14H22N4O4S. The number of nitrogens with zero attached hydrogens (tertiary/aromatic N) is 4. The SMILES string of the molecule is Cn1cc(S(=O)(=O)N2CCCN(C(=O)C3CCOC3)CC2)cn1. The normalized spacial score (nSPS) is 23.9. The molecule has 0 radical (unpaired) electrons. The van der Waals surface area contributed by atoms with E-state index in [-0.39, 0.29) is 16.7 Å². The number of aromatic nitrogens is 2. The summed E-state index contributed by atoms with van der Waals surface area (Å²) in [5, 5.41) is 3.93. The van der Waals surface area contributed by atoms with E-state index in [2.05, 4.69) is 5.10 Å². The van der Waals surface area contributed by atoms with Gasteiger partial charge in [0.25, 0.3) is 0 Å². The lowest BCUT2D eigenvalue weighted by Gasteiger charge is -2.23. The van der Waals surface area contributed by atoms with Crippen molar-refractivity contribution < 1.29 is 17.9 Å². The first-order valence-electron chi connectivity index (χ1n) is 7.84.